The Bertz CT molecular complexity index is 605. The fourth-order valence-electron chi connectivity index (χ4n) is 3.09. The molecule has 0 spiro atoms. The highest BCUT2D eigenvalue weighted by Crippen LogP contribution is 2.37. The van der Waals surface area contributed by atoms with Crippen LogP contribution in [0.3, 0.4) is 0 Å². The van der Waals surface area contributed by atoms with E-state index < -0.39 is 0 Å². The zero-order valence-electron chi connectivity index (χ0n) is 12.6. The van der Waals surface area contributed by atoms with Crippen LogP contribution in [0.4, 0.5) is 0 Å². The molecule has 0 aliphatic heterocycles. The third-order valence-electron chi connectivity index (χ3n) is 4.00. The molecule has 1 unspecified atom stereocenters. The molecule has 106 valence electrons. The van der Waals surface area contributed by atoms with Gasteiger partial charge in [0.15, 0.2) is 0 Å². The number of aromatic nitrogens is 2. The van der Waals surface area contributed by atoms with E-state index in [9.17, 15) is 0 Å². The minimum atomic E-state index is -0.00578. The zero-order chi connectivity index (χ0) is 14.3. The van der Waals surface area contributed by atoms with Crippen LogP contribution in [0, 0.1) is 0 Å². The minimum absolute atomic E-state index is 0.00578. The first-order valence-corrected chi connectivity index (χ1v) is 7.42. The number of rotatable bonds is 1. The van der Waals surface area contributed by atoms with Gasteiger partial charge in [-0.2, -0.15) is 5.10 Å². The predicted molar refractivity (Wildman–Crippen MR) is 82.5 cm³/mol. The molecule has 1 aromatic carbocycles. The van der Waals surface area contributed by atoms with Gasteiger partial charge in [0.1, 0.15) is 0 Å². The molecular formula is C17H23N3. The summed E-state index contributed by atoms with van der Waals surface area (Å²) in [5.74, 6) is 0. The molecule has 3 heteroatoms. The fourth-order valence-corrected chi connectivity index (χ4v) is 3.09. The average Bonchev–Trinajstić information content (AvgIpc) is 2.81. The first-order chi connectivity index (χ1) is 9.48. The highest BCUT2D eigenvalue weighted by Gasteiger charge is 2.30. The third kappa shape index (κ3) is 2.16. The summed E-state index contributed by atoms with van der Waals surface area (Å²) in [5, 5.41) is 4.92. The molecule has 2 aromatic rings. The topological polar surface area (TPSA) is 43.8 Å². The largest absolute Gasteiger partial charge is 0.324 e. The molecule has 1 aromatic heterocycles. The minimum Gasteiger partial charge on any atom is -0.324 e. The van der Waals surface area contributed by atoms with E-state index in [4.69, 9.17) is 10.8 Å². The Morgan fingerprint density at radius 2 is 1.90 bits per heavy atom. The first-order valence-electron chi connectivity index (χ1n) is 7.42. The van der Waals surface area contributed by atoms with E-state index in [1.54, 1.807) is 0 Å². The maximum Gasteiger partial charge on any atom is 0.0974 e. The molecule has 0 saturated heterocycles. The molecule has 1 heterocycles. The first kappa shape index (κ1) is 13.4. The van der Waals surface area contributed by atoms with Gasteiger partial charge in [0.25, 0.3) is 0 Å². The van der Waals surface area contributed by atoms with Crippen LogP contribution in [0.2, 0.25) is 0 Å². The molecule has 0 radical (unpaired) electrons. The normalized spacial score (nSPS) is 18.9. The van der Waals surface area contributed by atoms with E-state index in [2.05, 4.69) is 49.7 Å². The molecule has 1 atom stereocenters. The van der Waals surface area contributed by atoms with E-state index in [0.717, 1.165) is 25.0 Å². The summed E-state index contributed by atoms with van der Waals surface area (Å²) in [6.45, 7) is 6.61. The maximum atomic E-state index is 6.39. The second kappa shape index (κ2) is 4.74. The molecule has 1 aliphatic rings. The SMILES string of the molecule is CC(C)(C)n1nc(-c2ccccc2)c2c1CCCC2N. The Kier molecular flexibility index (Phi) is 3.17. The van der Waals surface area contributed by atoms with Crippen molar-refractivity contribution in [1.82, 2.24) is 9.78 Å². The lowest BCUT2D eigenvalue weighted by atomic mass is 9.89. The quantitative estimate of drug-likeness (QED) is 0.859. The van der Waals surface area contributed by atoms with Gasteiger partial charge in [-0.15, -0.1) is 0 Å². The van der Waals surface area contributed by atoms with Crippen LogP contribution >= 0.6 is 0 Å². The van der Waals surface area contributed by atoms with Crippen LogP contribution in [0.15, 0.2) is 30.3 Å². The van der Waals surface area contributed by atoms with Gasteiger partial charge in [0, 0.05) is 22.9 Å². The number of nitrogens with two attached hydrogens (primary N) is 1. The fraction of sp³-hybridized carbons (Fsp3) is 0.471. The van der Waals surface area contributed by atoms with E-state index in [0.29, 0.717) is 0 Å². The van der Waals surface area contributed by atoms with Crippen molar-refractivity contribution < 1.29 is 0 Å². The van der Waals surface area contributed by atoms with Gasteiger partial charge in [-0.05, 0) is 40.0 Å². The van der Waals surface area contributed by atoms with Gasteiger partial charge in [0.05, 0.1) is 11.2 Å². The standard InChI is InChI=1S/C17H23N3/c1-17(2,3)20-14-11-7-10-13(18)15(14)16(19-20)12-8-5-4-6-9-12/h4-6,8-9,13H,7,10-11,18H2,1-3H3. The Morgan fingerprint density at radius 1 is 1.20 bits per heavy atom. The summed E-state index contributed by atoms with van der Waals surface area (Å²) in [5.41, 5.74) is 11.2. The van der Waals surface area contributed by atoms with Gasteiger partial charge in [-0.25, -0.2) is 0 Å². The summed E-state index contributed by atoms with van der Waals surface area (Å²) in [6.07, 6.45) is 3.30. The van der Waals surface area contributed by atoms with E-state index in [1.807, 2.05) is 6.07 Å². The number of fused-ring (bicyclic) bond motifs is 1. The van der Waals surface area contributed by atoms with Crippen molar-refractivity contribution in [2.75, 3.05) is 0 Å². The molecule has 3 nitrogen and oxygen atoms in total. The van der Waals surface area contributed by atoms with Crippen LogP contribution in [0.1, 0.15) is 50.9 Å². The molecule has 20 heavy (non-hydrogen) atoms. The maximum absolute atomic E-state index is 6.39. The van der Waals surface area contributed by atoms with Gasteiger partial charge in [-0.1, -0.05) is 30.3 Å². The number of hydrogen-bond donors (Lipinski definition) is 1. The highest BCUT2D eigenvalue weighted by molar-refractivity contribution is 5.65. The number of hydrogen-bond acceptors (Lipinski definition) is 2. The van der Waals surface area contributed by atoms with Gasteiger partial charge < -0.3 is 5.73 Å². The van der Waals surface area contributed by atoms with Crippen molar-refractivity contribution >= 4 is 0 Å². The van der Waals surface area contributed by atoms with Gasteiger partial charge >= 0.3 is 0 Å². The lowest BCUT2D eigenvalue weighted by Crippen LogP contribution is -2.27. The summed E-state index contributed by atoms with van der Waals surface area (Å²) in [7, 11) is 0. The molecule has 1 aliphatic carbocycles. The smallest absolute Gasteiger partial charge is 0.0974 e. The van der Waals surface area contributed by atoms with Crippen LogP contribution in [-0.2, 0) is 12.0 Å². The summed E-state index contributed by atoms with van der Waals surface area (Å²) in [4.78, 5) is 0. The Hall–Kier alpha value is -1.61. The summed E-state index contributed by atoms with van der Waals surface area (Å²) >= 11 is 0. The van der Waals surface area contributed by atoms with Crippen molar-refractivity contribution in [2.24, 2.45) is 5.73 Å². The second-order valence-corrected chi connectivity index (χ2v) is 6.66. The van der Waals surface area contributed by atoms with Crippen LogP contribution < -0.4 is 5.73 Å². The van der Waals surface area contributed by atoms with Crippen LogP contribution in [-0.4, -0.2) is 9.78 Å². The van der Waals surface area contributed by atoms with Crippen molar-refractivity contribution in [3.63, 3.8) is 0 Å². The second-order valence-electron chi connectivity index (χ2n) is 6.66. The average molecular weight is 269 g/mol. The lowest BCUT2D eigenvalue weighted by molar-refractivity contribution is 0.338. The third-order valence-corrected chi connectivity index (χ3v) is 4.00. The Morgan fingerprint density at radius 3 is 2.55 bits per heavy atom. The summed E-state index contributed by atoms with van der Waals surface area (Å²) in [6, 6.07) is 10.5. The molecule has 0 bridgehead atoms. The Balaban J connectivity index is 2.23. The van der Waals surface area contributed by atoms with Gasteiger partial charge in [0.2, 0.25) is 0 Å². The molecule has 0 saturated carbocycles. The van der Waals surface area contributed by atoms with E-state index >= 15 is 0 Å². The number of benzene rings is 1. The lowest BCUT2D eigenvalue weighted by Gasteiger charge is -2.26. The van der Waals surface area contributed by atoms with E-state index in [-0.39, 0.29) is 11.6 Å². The number of nitrogens with zero attached hydrogens (tertiary/aromatic N) is 2. The van der Waals surface area contributed by atoms with Crippen molar-refractivity contribution in [2.45, 2.75) is 51.6 Å². The zero-order valence-corrected chi connectivity index (χ0v) is 12.6. The highest BCUT2D eigenvalue weighted by atomic mass is 15.3. The molecule has 0 amide bonds. The molecular weight excluding hydrogens is 246 g/mol. The molecule has 3 rings (SSSR count). The molecule has 2 N–H and O–H groups in total. The van der Waals surface area contributed by atoms with Crippen molar-refractivity contribution in [3.05, 3.63) is 41.6 Å². The summed E-state index contributed by atoms with van der Waals surface area (Å²) < 4.78 is 2.18. The Labute approximate surface area is 120 Å². The van der Waals surface area contributed by atoms with Crippen molar-refractivity contribution in [3.8, 4) is 11.3 Å². The van der Waals surface area contributed by atoms with Gasteiger partial charge in [-0.3, -0.25) is 4.68 Å². The van der Waals surface area contributed by atoms with Crippen LogP contribution in [0.25, 0.3) is 11.3 Å². The van der Waals surface area contributed by atoms with Crippen LogP contribution in [0.5, 0.6) is 0 Å². The predicted octanol–water partition coefficient (Wildman–Crippen LogP) is 3.64. The monoisotopic (exact) mass is 269 g/mol. The van der Waals surface area contributed by atoms with Crippen molar-refractivity contribution in [1.29, 1.82) is 0 Å². The molecule has 0 fully saturated rings. The van der Waals surface area contributed by atoms with E-state index in [1.165, 1.54) is 16.8 Å².